The maximum Gasteiger partial charge on any atom is 0.243 e. The van der Waals surface area contributed by atoms with Gasteiger partial charge in [-0.2, -0.15) is 9.29 Å². The Labute approximate surface area is 180 Å². The molecule has 30 heavy (non-hydrogen) atoms. The molecular formula is C20H24N4O4S2. The summed E-state index contributed by atoms with van der Waals surface area (Å²) >= 11 is 1.54. The van der Waals surface area contributed by atoms with E-state index in [0.29, 0.717) is 30.2 Å². The van der Waals surface area contributed by atoms with Crippen LogP contribution in [-0.2, 0) is 21.2 Å². The summed E-state index contributed by atoms with van der Waals surface area (Å²) in [6.07, 6.45) is 1.35. The van der Waals surface area contributed by atoms with Crippen molar-refractivity contribution in [1.82, 2.24) is 14.4 Å². The van der Waals surface area contributed by atoms with Crippen LogP contribution in [0.25, 0.3) is 10.7 Å². The minimum Gasteiger partial charge on any atom is -0.339 e. The van der Waals surface area contributed by atoms with Gasteiger partial charge in [0.1, 0.15) is 0 Å². The van der Waals surface area contributed by atoms with Crippen LogP contribution in [0.4, 0.5) is 5.69 Å². The summed E-state index contributed by atoms with van der Waals surface area (Å²) in [6, 6.07) is 9.86. The van der Waals surface area contributed by atoms with Crippen molar-refractivity contribution in [3.05, 3.63) is 47.7 Å². The van der Waals surface area contributed by atoms with Crippen LogP contribution in [0.2, 0.25) is 0 Å². The van der Waals surface area contributed by atoms with Crippen LogP contribution in [0.3, 0.4) is 0 Å². The molecule has 3 rings (SSSR count). The molecule has 0 saturated carbocycles. The molecule has 0 aliphatic heterocycles. The van der Waals surface area contributed by atoms with E-state index in [2.05, 4.69) is 15.5 Å². The third-order valence-corrected chi connectivity index (χ3v) is 7.46. The van der Waals surface area contributed by atoms with Crippen molar-refractivity contribution in [2.45, 2.75) is 44.0 Å². The van der Waals surface area contributed by atoms with Crippen molar-refractivity contribution in [3.63, 3.8) is 0 Å². The molecule has 0 saturated heterocycles. The Balaban J connectivity index is 1.49. The van der Waals surface area contributed by atoms with Crippen LogP contribution < -0.4 is 5.32 Å². The van der Waals surface area contributed by atoms with Gasteiger partial charge in [0, 0.05) is 31.6 Å². The molecule has 160 valence electrons. The first-order valence-corrected chi connectivity index (χ1v) is 11.8. The number of anilines is 1. The van der Waals surface area contributed by atoms with Gasteiger partial charge in [0.05, 0.1) is 9.77 Å². The molecule has 3 aromatic rings. The number of benzene rings is 1. The van der Waals surface area contributed by atoms with E-state index in [1.54, 1.807) is 19.2 Å². The van der Waals surface area contributed by atoms with Crippen LogP contribution >= 0.6 is 11.3 Å². The minimum absolute atomic E-state index is 0.144. The Kier molecular flexibility index (Phi) is 7.01. The smallest absolute Gasteiger partial charge is 0.243 e. The number of aromatic nitrogens is 2. The van der Waals surface area contributed by atoms with Gasteiger partial charge >= 0.3 is 0 Å². The van der Waals surface area contributed by atoms with E-state index in [1.807, 2.05) is 31.4 Å². The maximum absolute atomic E-state index is 12.5. The summed E-state index contributed by atoms with van der Waals surface area (Å²) in [5.74, 6) is 0.889. The van der Waals surface area contributed by atoms with Crippen LogP contribution in [0.5, 0.6) is 0 Å². The number of thiophene rings is 1. The van der Waals surface area contributed by atoms with Gasteiger partial charge in [0.15, 0.2) is 0 Å². The molecule has 0 bridgehead atoms. The molecule has 2 heterocycles. The molecule has 1 aromatic carbocycles. The maximum atomic E-state index is 12.5. The standard InChI is InChI=1S/C20H24N4O4S2/c1-14(2)24(3)30(26,27)16-11-9-15(10-12-16)21-18(25)7-4-8-19-22-20(23-28-19)17-6-5-13-29-17/h5-6,9-14H,4,7-8H2,1-3H3,(H,21,25). The topological polar surface area (TPSA) is 105 Å². The summed E-state index contributed by atoms with van der Waals surface area (Å²) in [5.41, 5.74) is 0.545. The van der Waals surface area contributed by atoms with Crippen molar-refractivity contribution in [1.29, 1.82) is 0 Å². The highest BCUT2D eigenvalue weighted by molar-refractivity contribution is 7.89. The predicted octanol–water partition coefficient (Wildman–Crippen LogP) is 3.79. The first kappa shape index (κ1) is 22.1. The van der Waals surface area contributed by atoms with Crippen molar-refractivity contribution < 1.29 is 17.7 Å². The second kappa shape index (κ2) is 9.50. The molecule has 0 atom stereocenters. The van der Waals surface area contributed by atoms with Gasteiger partial charge in [-0.25, -0.2) is 8.42 Å². The molecule has 1 N–H and O–H groups in total. The number of nitrogens with zero attached hydrogens (tertiary/aromatic N) is 3. The molecule has 0 spiro atoms. The lowest BCUT2D eigenvalue weighted by molar-refractivity contribution is -0.116. The number of nitrogens with one attached hydrogen (secondary N) is 1. The zero-order valence-electron chi connectivity index (χ0n) is 17.0. The Hall–Kier alpha value is -2.56. The number of aryl methyl sites for hydroxylation is 1. The molecule has 0 aliphatic rings. The van der Waals surface area contributed by atoms with Gasteiger partial charge in [-0.05, 0) is 56.0 Å². The van der Waals surface area contributed by atoms with Gasteiger partial charge in [-0.3, -0.25) is 4.79 Å². The number of carbonyl (C=O) groups excluding carboxylic acids is 1. The largest absolute Gasteiger partial charge is 0.339 e. The molecule has 0 fully saturated rings. The number of amides is 1. The number of rotatable bonds is 9. The summed E-state index contributed by atoms with van der Waals surface area (Å²) in [7, 11) is -2.00. The molecule has 0 unspecified atom stereocenters. The Morgan fingerprint density at radius 1 is 1.23 bits per heavy atom. The van der Waals surface area contributed by atoms with E-state index < -0.39 is 10.0 Å². The Morgan fingerprint density at radius 3 is 2.60 bits per heavy atom. The lowest BCUT2D eigenvalue weighted by atomic mass is 10.2. The minimum atomic E-state index is -3.54. The number of carbonyl (C=O) groups is 1. The zero-order valence-corrected chi connectivity index (χ0v) is 18.7. The number of hydrogen-bond acceptors (Lipinski definition) is 7. The fraction of sp³-hybridized carbons (Fsp3) is 0.350. The zero-order chi connectivity index (χ0) is 21.7. The van der Waals surface area contributed by atoms with Crippen molar-refractivity contribution in [2.24, 2.45) is 0 Å². The summed E-state index contributed by atoms with van der Waals surface area (Å²) in [5, 5.41) is 8.67. The number of hydrogen-bond donors (Lipinski definition) is 1. The van der Waals surface area contributed by atoms with Crippen LogP contribution in [0.1, 0.15) is 32.6 Å². The molecule has 10 heteroatoms. The SMILES string of the molecule is CC(C)N(C)S(=O)(=O)c1ccc(NC(=O)CCCc2nc(-c3cccs3)no2)cc1. The van der Waals surface area contributed by atoms with E-state index in [9.17, 15) is 13.2 Å². The third-order valence-electron chi connectivity index (χ3n) is 4.55. The number of sulfonamides is 1. The second-order valence-corrected chi connectivity index (χ2v) is 9.98. The van der Waals surface area contributed by atoms with E-state index >= 15 is 0 Å². The monoisotopic (exact) mass is 448 g/mol. The van der Waals surface area contributed by atoms with Crippen molar-refractivity contribution in [3.8, 4) is 10.7 Å². The summed E-state index contributed by atoms with van der Waals surface area (Å²) in [6.45, 7) is 3.62. The van der Waals surface area contributed by atoms with Gasteiger partial charge in [0.2, 0.25) is 27.6 Å². The van der Waals surface area contributed by atoms with E-state index in [-0.39, 0.29) is 23.3 Å². The van der Waals surface area contributed by atoms with Crippen LogP contribution in [0.15, 0.2) is 51.2 Å². The first-order valence-electron chi connectivity index (χ1n) is 9.52. The van der Waals surface area contributed by atoms with Gasteiger partial charge in [-0.1, -0.05) is 11.2 Å². The Bertz CT molecular complexity index is 1070. The molecule has 8 nitrogen and oxygen atoms in total. The molecule has 1 amide bonds. The lowest BCUT2D eigenvalue weighted by Gasteiger charge is -2.21. The first-order chi connectivity index (χ1) is 14.3. The second-order valence-electron chi connectivity index (χ2n) is 7.03. The average Bonchev–Trinajstić information content (AvgIpc) is 3.39. The van der Waals surface area contributed by atoms with Gasteiger partial charge in [0.25, 0.3) is 0 Å². The lowest BCUT2D eigenvalue weighted by Crippen LogP contribution is -2.33. The van der Waals surface area contributed by atoms with E-state index in [4.69, 9.17) is 4.52 Å². The molecular weight excluding hydrogens is 424 g/mol. The fourth-order valence-corrected chi connectivity index (χ4v) is 4.66. The van der Waals surface area contributed by atoms with Crippen molar-refractivity contribution >= 4 is 33.0 Å². The van der Waals surface area contributed by atoms with E-state index in [1.165, 1.54) is 27.8 Å². The summed E-state index contributed by atoms with van der Waals surface area (Å²) < 4.78 is 31.5. The highest BCUT2D eigenvalue weighted by Gasteiger charge is 2.22. The normalized spacial score (nSPS) is 11.9. The highest BCUT2D eigenvalue weighted by Crippen LogP contribution is 2.22. The fourth-order valence-electron chi connectivity index (χ4n) is 2.64. The molecule has 0 radical (unpaired) electrons. The van der Waals surface area contributed by atoms with E-state index in [0.717, 1.165) is 4.88 Å². The Morgan fingerprint density at radius 2 is 1.97 bits per heavy atom. The third kappa shape index (κ3) is 5.32. The quantitative estimate of drug-likeness (QED) is 0.534. The van der Waals surface area contributed by atoms with Crippen molar-refractivity contribution in [2.75, 3.05) is 12.4 Å². The van der Waals surface area contributed by atoms with Crippen LogP contribution in [0, 0.1) is 0 Å². The average molecular weight is 449 g/mol. The van der Waals surface area contributed by atoms with Gasteiger partial charge in [-0.15, -0.1) is 11.3 Å². The highest BCUT2D eigenvalue weighted by atomic mass is 32.2. The summed E-state index contributed by atoms with van der Waals surface area (Å²) in [4.78, 5) is 17.6. The van der Waals surface area contributed by atoms with Crippen LogP contribution in [-0.4, -0.2) is 41.9 Å². The molecule has 0 aliphatic carbocycles. The predicted molar refractivity (Wildman–Crippen MR) is 116 cm³/mol. The molecule has 2 aromatic heterocycles. The van der Waals surface area contributed by atoms with Gasteiger partial charge < -0.3 is 9.84 Å².